The van der Waals surface area contributed by atoms with Gasteiger partial charge >= 0.3 is 0 Å². The number of benzene rings is 1. The number of ether oxygens (including phenoxy) is 1. The minimum absolute atomic E-state index is 0.316. The molecule has 0 aliphatic carbocycles. The van der Waals surface area contributed by atoms with Crippen LogP contribution in [0.5, 0.6) is 0 Å². The van der Waals surface area contributed by atoms with Gasteiger partial charge in [-0.3, -0.25) is 14.3 Å². The molecule has 2 heterocycles. The lowest BCUT2D eigenvalue weighted by molar-refractivity contribution is 0.0125. The van der Waals surface area contributed by atoms with Crippen LogP contribution in [0.15, 0.2) is 55.1 Å². The second-order valence-corrected chi connectivity index (χ2v) is 5.91. The van der Waals surface area contributed by atoms with Crippen LogP contribution in [0.3, 0.4) is 0 Å². The molecule has 0 aliphatic heterocycles. The fourth-order valence-electron chi connectivity index (χ4n) is 2.65. The number of likely N-dealkylation sites (N-methyl/N-ethyl adjacent to an activating group) is 1. The van der Waals surface area contributed by atoms with Crippen LogP contribution >= 0.6 is 0 Å². The maximum atomic E-state index is 10.1. The van der Waals surface area contributed by atoms with Crippen molar-refractivity contribution in [2.24, 2.45) is 0 Å². The molecule has 1 aromatic carbocycles. The number of hydrogen-bond acceptors (Lipinski definition) is 5. The van der Waals surface area contributed by atoms with E-state index in [-0.39, 0.29) is 0 Å². The predicted octanol–water partition coefficient (Wildman–Crippen LogP) is 1.74. The van der Waals surface area contributed by atoms with E-state index in [4.69, 9.17) is 4.74 Å². The van der Waals surface area contributed by atoms with Crippen LogP contribution in [0.2, 0.25) is 0 Å². The van der Waals surface area contributed by atoms with Crippen LogP contribution in [0.1, 0.15) is 11.3 Å². The van der Waals surface area contributed by atoms with Gasteiger partial charge in [-0.25, -0.2) is 4.98 Å². The van der Waals surface area contributed by atoms with Crippen LogP contribution in [0, 0.1) is 0 Å². The summed E-state index contributed by atoms with van der Waals surface area (Å²) in [4.78, 5) is 10.4. The second-order valence-electron chi connectivity index (χ2n) is 5.91. The third-order valence-corrected chi connectivity index (χ3v) is 3.77. The zero-order valence-electron chi connectivity index (χ0n) is 13.7. The first-order valence-electron chi connectivity index (χ1n) is 7.96. The minimum Gasteiger partial charge on any atom is -0.389 e. The topological polar surface area (TPSA) is 62.9 Å². The zero-order valence-corrected chi connectivity index (χ0v) is 13.7. The largest absolute Gasteiger partial charge is 0.389 e. The molecule has 1 atom stereocenters. The number of aromatic nitrogens is 3. The monoisotopic (exact) mass is 326 g/mol. The Morgan fingerprint density at radius 3 is 2.92 bits per heavy atom. The molecule has 0 amide bonds. The molecule has 0 saturated heterocycles. The van der Waals surface area contributed by atoms with Crippen molar-refractivity contribution in [2.45, 2.75) is 19.3 Å². The normalized spacial score (nSPS) is 12.8. The van der Waals surface area contributed by atoms with Crippen molar-refractivity contribution in [3.05, 3.63) is 66.4 Å². The Bertz CT molecular complexity index is 760. The Kier molecular flexibility index (Phi) is 5.53. The van der Waals surface area contributed by atoms with E-state index >= 15 is 0 Å². The smallest absolute Gasteiger partial charge is 0.155 e. The van der Waals surface area contributed by atoms with Crippen LogP contribution in [0.25, 0.3) is 5.65 Å². The highest BCUT2D eigenvalue weighted by Crippen LogP contribution is 2.08. The van der Waals surface area contributed by atoms with Crippen molar-refractivity contribution in [1.82, 2.24) is 19.3 Å². The van der Waals surface area contributed by atoms with Gasteiger partial charge in [0.1, 0.15) is 0 Å². The van der Waals surface area contributed by atoms with E-state index in [1.165, 1.54) is 0 Å². The van der Waals surface area contributed by atoms with Crippen molar-refractivity contribution in [3.8, 4) is 0 Å². The molecule has 6 nitrogen and oxygen atoms in total. The Hall–Kier alpha value is -2.28. The quantitative estimate of drug-likeness (QED) is 0.683. The molecule has 0 radical (unpaired) electrons. The van der Waals surface area contributed by atoms with E-state index in [0.29, 0.717) is 26.3 Å². The van der Waals surface area contributed by atoms with Gasteiger partial charge in [0.25, 0.3) is 0 Å². The third kappa shape index (κ3) is 4.38. The SMILES string of the molecule is CN(Cc1cnc2cnccn12)CC(O)COCc1ccccc1. The van der Waals surface area contributed by atoms with Crippen molar-refractivity contribution < 1.29 is 9.84 Å². The Balaban J connectivity index is 1.45. The first-order chi connectivity index (χ1) is 11.7. The second kappa shape index (κ2) is 8.01. The maximum absolute atomic E-state index is 10.1. The van der Waals surface area contributed by atoms with E-state index in [0.717, 1.165) is 16.9 Å². The Morgan fingerprint density at radius 1 is 1.25 bits per heavy atom. The van der Waals surface area contributed by atoms with Gasteiger partial charge in [0.2, 0.25) is 0 Å². The van der Waals surface area contributed by atoms with Crippen LogP contribution in [-0.4, -0.2) is 50.7 Å². The number of aliphatic hydroxyl groups excluding tert-OH is 1. The van der Waals surface area contributed by atoms with E-state index in [1.54, 1.807) is 12.4 Å². The van der Waals surface area contributed by atoms with Crippen molar-refractivity contribution >= 4 is 5.65 Å². The summed E-state index contributed by atoms with van der Waals surface area (Å²) in [6.07, 6.45) is 6.68. The van der Waals surface area contributed by atoms with Crippen LogP contribution < -0.4 is 0 Å². The lowest BCUT2D eigenvalue weighted by atomic mass is 10.2. The summed E-state index contributed by atoms with van der Waals surface area (Å²) in [5, 5.41) is 10.1. The molecule has 1 unspecified atom stereocenters. The van der Waals surface area contributed by atoms with Crippen LogP contribution in [-0.2, 0) is 17.9 Å². The summed E-state index contributed by atoms with van der Waals surface area (Å²) < 4.78 is 7.59. The number of rotatable bonds is 8. The standard InChI is InChI=1S/C18H22N4O2/c1-21(11-16-9-20-18-10-19-7-8-22(16)18)12-17(23)14-24-13-15-5-3-2-4-6-15/h2-10,17,23H,11-14H2,1H3. The molecule has 0 fully saturated rings. The molecule has 1 N–H and O–H groups in total. The van der Waals surface area contributed by atoms with Gasteiger partial charge in [-0.1, -0.05) is 30.3 Å². The molecule has 0 spiro atoms. The first-order valence-corrected chi connectivity index (χ1v) is 7.96. The van der Waals surface area contributed by atoms with Gasteiger partial charge in [-0.15, -0.1) is 0 Å². The fraction of sp³-hybridized carbons (Fsp3) is 0.333. The summed E-state index contributed by atoms with van der Waals surface area (Å²) in [6.45, 7) is 2.06. The summed E-state index contributed by atoms with van der Waals surface area (Å²) in [5.74, 6) is 0. The van der Waals surface area contributed by atoms with E-state index in [9.17, 15) is 5.11 Å². The molecule has 3 rings (SSSR count). The number of fused-ring (bicyclic) bond motifs is 1. The average molecular weight is 326 g/mol. The highest BCUT2D eigenvalue weighted by Gasteiger charge is 2.11. The molecule has 2 aromatic heterocycles. The van der Waals surface area contributed by atoms with E-state index in [2.05, 4.69) is 14.9 Å². The molecule has 24 heavy (non-hydrogen) atoms. The van der Waals surface area contributed by atoms with Gasteiger partial charge in [0.15, 0.2) is 5.65 Å². The predicted molar refractivity (Wildman–Crippen MR) is 91.4 cm³/mol. The van der Waals surface area contributed by atoms with Gasteiger partial charge < -0.3 is 9.84 Å². The Labute approximate surface area is 141 Å². The molecule has 0 aliphatic rings. The van der Waals surface area contributed by atoms with Gasteiger partial charge in [0, 0.05) is 25.5 Å². The third-order valence-electron chi connectivity index (χ3n) is 3.77. The number of nitrogens with zero attached hydrogens (tertiary/aromatic N) is 4. The lowest BCUT2D eigenvalue weighted by Gasteiger charge is -2.20. The molecule has 0 saturated carbocycles. The lowest BCUT2D eigenvalue weighted by Crippen LogP contribution is -2.32. The van der Waals surface area contributed by atoms with Crippen molar-refractivity contribution in [2.75, 3.05) is 20.2 Å². The summed E-state index contributed by atoms with van der Waals surface area (Å²) >= 11 is 0. The molecule has 0 bridgehead atoms. The summed E-state index contributed by atoms with van der Waals surface area (Å²) in [5.41, 5.74) is 3.00. The Morgan fingerprint density at radius 2 is 2.08 bits per heavy atom. The average Bonchev–Trinajstić information content (AvgIpc) is 2.99. The summed E-state index contributed by atoms with van der Waals surface area (Å²) in [7, 11) is 1.97. The zero-order chi connectivity index (χ0) is 16.8. The van der Waals surface area contributed by atoms with Gasteiger partial charge in [-0.2, -0.15) is 0 Å². The molecule has 3 aromatic rings. The van der Waals surface area contributed by atoms with E-state index in [1.807, 2.05) is 54.2 Å². The highest BCUT2D eigenvalue weighted by molar-refractivity contribution is 5.36. The minimum atomic E-state index is -0.528. The molecular formula is C18H22N4O2. The van der Waals surface area contributed by atoms with Crippen molar-refractivity contribution in [1.29, 1.82) is 0 Å². The highest BCUT2D eigenvalue weighted by atomic mass is 16.5. The molecule has 126 valence electrons. The number of hydrogen-bond donors (Lipinski definition) is 1. The number of imidazole rings is 1. The van der Waals surface area contributed by atoms with Crippen molar-refractivity contribution in [3.63, 3.8) is 0 Å². The maximum Gasteiger partial charge on any atom is 0.155 e. The fourth-order valence-corrected chi connectivity index (χ4v) is 2.65. The molecular weight excluding hydrogens is 304 g/mol. The van der Waals surface area contributed by atoms with E-state index < -0.39 is 6.10 Å². The van der Waals surface area contributed by atoms with Crippen LogP contribution in [0.4, 0.5) is 0 Å². The first kappa shape index (κ1) is 16.6. The molecule has 6 heteroatoms. The van der Waals surface area contributed by atoms with Gasteiger partial charge in [0.05, 0.1) is 37.4 Å². The summed E-state index contributed by atoms with van der Waals surface area (Å²) in [6, 6.07) is 9.96. The number of aliphatic hydroxyl groups is 1. The van der Waals surface area contributed by atoms with Gasteiger partial charge in [-0.05, 0) is 12.6 Å².